The maximum atomic E-state index is 13.5. The van der Waals surface area contributed by atoms with Crippen LogP contribution in [0.15, 0.2) is 28.3 Å². The second kappa shape index (κ2) is 6.79. The van der Waals surface area contributed by atoms with E-state index in [4.69, 9.17) is 21.4 Å². The number of rotatable bonds is 4. The SMILES string of the molecule is CN1C(=O)/C(=C\c2ccc(COc3c(F)c(F)cc(F)c3F)o2)NC1=S. The quantitative estimate of drug-likeness (QED) is 0.379. The van der Waals surface area contributed by atoms with Crippen molar-refractivity contribution in [1.82, 2.24) is 10.2 Å². The van der Waals surface area contributed by atoms with Gasteiger partial charge in [0, 0.05) is 19.2 Å². The molecule has 0 bridgehead atoms. The summed E-state index contributed by atoms with van der Waals surface area (Å²) in [6.07, 6.45) is 1.38. The maximum absolute atomic E-state index is 13.5. The highest BCUT2D eigenvalue weighted by atomic mass is 32.1. The van der Waals surface area contributed by atoms with E-state index in [1.54, 1.807) is 0 Å². The van der Waals surface area contributed by atoms with Gasteiger partial charge in [-0.1, -0.05) is 0 Å². The summed E-state index contributed by atoms with van der Waals surface area (Å²) in [6.45, 7) is -0.487. The lowest BCUT2D eigenvalue weighted by atomic mass is 10.3. The minimum absolute atomic E-state index is 0.0851. The summed E-state index contributed by atoms with van der Waals surface area (Å²) in [5.41, 5.74) is 0.184. The minimum atomic E-state index is -1.64. The topological polar surface area (TPSA) is 54.7 Å². The van der Waals surface area contributed by atoms with Gasteiger partial charge in [-0.2, -0.15) is 8.78 Å². The standard InChI is InChI=1S/C16H10F4N2O3S/c1-22-15(23)11(21-16(22)26)4-7-2-3-8(25-7)6-24-14-12(19)9(17)5-10(18)13(14)20/h2-5H,6H2,1H3,(H,21,26)/b11-4+. The lowest BCUT2D eigenvalue weighted by Gasteiger charge is -2.08. The minimum Gasteiger partial charge on any atom is -0.479 e. The first-order chi connectivity index (χ1) is 12.3. The molecule has 0 atom stereocenters. The van der Waals surface area contributed by atoms with Crippen LogP contribution in [0.25, 0.3) is 6.08 Å². The van der Waals surface area contributed by atoms with Gasteiger partial charge in [-0.05, 0) is 24.4 Å². The number of hydrogen-bond acceptors (Lipinski definition) is 4. The summed E-state index contributed by atoms with van der Waals surface area (Å²) in [5.74, 6) is -7.62. The highest BCUT2D eigenvalue weighted by Crippen LogP contribution is 2.27. The zero-order chi connectivity index (χ0) is 19.0. The Balaban J connectivity index is 1.75. The Hall–Kier alpha value is -2.88. The summed E-state index contributed by atoms with van der Waals surface area (Å²) in [7, 11) is 1.50. The van der Waals surface area contributed by atoms with Gasteiger partial charge in [0.2, 0.25) is 11.6 Å². The van der Waals surface area contributed by atoms with Crippen LogP contribution in [0.1, 0.15) is 11.5 Å². The molecule has 0 aliphatic carbocycles. The Morgan fingerprint density at radius 1 is 1.23 bits per heavy atom. The first-order valence-electron chi connectivity index (χ1n) is 7.13. The van der Waals surface area contributed by atoms with Crippen LogP contribution in [0.5, 0.6) is 5.75 Å². The van der Waals surface area contributed by atoms with Gasteiger partial charge in [0.1, 0.15) is 23.8 Å². The van der Waals surface area contributed by atoms with Gasteiger partial charge in [-0.3, -0.25) is 9.69 Å². The third kappa shape index (κ3) is 3.27. The van der Waals surface area contributed by atoms with Gasteiger partial charge in [-0.15, -0.1) is 0 Å². The number of benzene rings is 1. The van der Waals surface area contributed by atoms with Crippen molar-refractivity contribution in [3.05, 3.63) is 58.7 Å². The average molecular weight is 386 g/mol. The van der Waals surface area contributed by atoms with Gasteiger partial charge in [-0.25, -0.2) is 8.78 Å². The monoisotopic (exact) mass is 386 g/mol. The number of carbonyl (C=O) groups excluding carboxylic acids is 1. The van der Waals surface area contributed by atoms with E-state index in [9.17, 15) is 22.4 Å². The van der Waals surface area contributed by atoms with E-state index in [1.165, 1.54) is 30.2 Å². The zero-order valence-corrected chi connectivity index (χ0v) is 13.9. The Bertz CT molecular complexity index is 916. The number of thiocarbonyl (C=S) groups is 1. The van der Waals surface area contributed by atoms with Crippen molar-refractivity contribution in [2.45, 2.75) is 6.61 Å². The molecule has 0 radical (unpaired) electrons. The number of carbonyl (C=O) groups is 1. The molecular formula is C16H10F4N2O3S. The highest BCUT2D eigenvalue weighted by molar-refractivity contribution is 7.80. The van der Waals surface area contributed by atoms with Crippen molar-refractivity contribution in [3.8, 4) is 5.75 Å². The molecule has 1 aromatic carbocycles. The average Bonchev–Trinajstić information content (AvgIpc) is 3.14. The van der Waals surface area contributed by atoms with Gasteiger partial charge in [0.25, 0.3) is 5.91 Å². The molecule has 1 aromatic heterocycles. The molecule has 26 heavy (non-hydrogen) atoms. The number of nitrogens with zero attached hydrogens (tertiary/aromatic N) is 1. The lowest BCUT2D eigenvalue weighted by Crippen LogP contribution is -2.25. The summed E-state index contributed by atoms with van der Waals surface area (Å²) in [4.78, 5) is 13.1. The molecule has 1 fully saturated rings. The number of ether oxygens (including phenoxy) is 1. The fraction of sp³-hybridized carbons (Fsp3) is 0.125. The van der Waals surface area contributed by atoms with Crippen LogP contribution in [-0.2, 0) is 11.4 Å². The van der Waals surface area contributed by atoms with Crippen molar-refractivity contribution < 1.29 is 31.5 Å². The number of amides is 1. The molecule has 10 heteroatoms. The second-order valence-electron chi connectivity index (χ2n) is 5.24. The Labute approximate surface area is 149 Å². The van der Waals surface area contributed by atoms with Gasteiger partial charge in [0.15, 0.2) is 22.5 Å². The largest absolute Gasteiger partial charge is 0.479 e. The van der Waals surface area contributed by atoms with Crippen LogP contribution in [0.2, 0.25) is 0 Å². The molecule has 5 nitrogen and oxygen atoms in total. The third-order valence-corrected chi connectivity index (χ3v) is 3.86. The molecule has 1 N–H and O–H groups in total. The van der Waals surface area contributed by atoms with Crippen molar-refractivity contribution in [2.75, 3.05) is 7.05 Å². The van der Waals surface area contributed by atoms with Crippen molar-refractivity contribution in [1.29, 1.82) is 0 Å². The smallest absolute Gasteiger partial charge is 0.276 e. The molecule has 0 unspecified atom stereocenters. The van der Waals surface area contributed by atoms with Crippen LogP contribution < -0.4 is 10.1 Å². The van der Waals surface area contributed by atoms with Gasteiger partial charge < -0.3 is 14.5 Å². The molecule has 1 saturated heterocycles. The molecule has 1 aliphatic rings. The van der Waals surface area contributed by atoms with E-state index in [-0.39, 0.29) is 34.3 Å². The summed E-state index contributed by atoms with van der Waals surface area (Å²) in [6, 6.07) is 2.97. The number of halogens is 4. The normalized spacial score (nSPS) is 15.7. The molecule has 1 aliphatic heterocycles. The number of furan rings is 1. The molecule has 0 saturated carbocycles. The number of hydrogen-bond donors (Lipinski definition) is 1. The molecule has 3 rings (SSSR count). The Kier molecular flexibility index (Phi) is 4.68. The zero-order valence-electron chi connectivity index (χ0n) is 13.1. The van der Waals surface area contributed by atoms with Crippen LogP contribution >= 0.6 is 12.2 Å². The first-order valence-corrected chi connectivity index (χ1v) is 7.54. The predicted molar refractivity (Wildman–Crippen MR) is 85.8 cm³/mol. The van der Waals surface area contributed by atoms with Crippen molar-refractivity contribution >= 4 is 29.3 Å². The fourth-order valence-corrected chi connectivity index (χ4v) is 2.33. The second-order valence-corrected chi connectivity index (χ2v) is 5.63. The van der Waals surface area contributed by atoms with E-state index in [0.717, 1.165) is 0 Å². The van der Waals surface area contributed by atoms with Crippen molar-refractivity contribution in [3.63, 3.8) is 0 Å². The van der Waals surface area contributed by atoms with Crippen molar-refractivity contribution in [2.24, 2.45) is 0 Å². The van der Waals surface area contributed by atoms with Crippen LogP contribution in [0.3, 0.4) is 0 Å². The van der Waals surface area contributed by atoms with Gasteiger partial charge in [0.05, 0.1) is 0 Å². The maximum Gasteiger partial charge on any atom is 0.276 e. The Morgan fingerprint density at radius 2 is 1.88 bits per heavy atom. The Morgan fingerprint density at radius 3 is 2.46 bits per heavy atom. The van der Waals surface area contributed by atoms with Gasteiger partial charge >= 0.3 is 0 Å². The fourth-order valence-electron chi connectivity index (χ4n) is 2.14. The lowest BCUT2D eigenvalue weighted by molar-refractivity contribution is -0.121. The number of likely N-dealkylation sites (N-methyl/N-ethyl adjacent to an activating group) is 1. The molecular weight excluding hydrogens is 376 g/mol. The number of nitrogens with one attached hydrogen (secondary N) is 1. The van der Waals surface area contributed by atoms with Crippen LogP contribution in [0.4, 0.5) is 17.6 Å². The first kappa shape index (κ1) is 17.9. The van der Waals surface area contributed by atoms with E-state index in [0.29, 0.717) is 0 Å². The molecule has 1 amide bonds. The van der Waals surface area contributed by atoms with Crippen LogP contribution in [0, 0.1) is 23.3 Å². The van der Waals surface area contributed by atoms with E-state index < -0.39 is 35.6 Å². The third-order valence-electron chi connectivity index (χ3n) is 3.48. The molecule has 0 spiro atoms. The summed E-state index contributed by atoms with van der Waals surface area (Å²) in [5, 5.41) is 2.92. The molecule has 136 valence electrons. The summed E-state index contributed by atoms with van der Waals surface area (Å²) < 4.78 is 63.5. The van der Waals surface area contributed by atoms with Crippen LogP contribution in [-0.4, -0.2) is 23.0 Å². The van der Waals surface area contributed by atoms with E-state index >= 15 is 0 Å². The summed E-state index contributed by atoms with van der Waals surface area (Å²) >= 11 is 4.93. The molecule has 2 aromatic rings. The predicted octanol–water partition coefficient (Wildman–Crippen LogP) is 3.10. The molecule has 2 heterocycles. The van der Waals surface area contributed by atoms with E-state index in [2.05, 4.69) is 5.32 Å². The highest BCUT2D eigenvalue weighted by Gasteiger charge is 2.27. The van der Waals surface area contributed by atoms with E-state index in [1.807, 2.05) is 0 Å².